The maximum atomic E-state index is 13.8. The van der Waals surface area contributed by atoms with Gasteiger partial charge < -0.3 is 10.1 Å². The molecule has 2 rings (SSSR count). The molecule has 1 atom stereocenters. The molecule has 35 heavy (non-hydrogen) atoms. The highest BCUT2D eigenvalue weighted by Gasteiger charge is 2.27. The summed E-state index contributed by atoms with van der Waals surface area (Å²) in [7, 11) is 1.47. The zero-order chi connectivity index (χ0) is 26.2. The summed E-state index contributed by atoms with van der Waals surface area (Å²) < 4.78 is 19.1. The summed E-state index contributed by atoms with van der Waals surface area (Å²) in [5, 5.41) is 2.70. The van der Waals surface area contributed by atoms with Crippen molar-refractivity contribution in [3.8, 4) is 23.0 Å². The van der Waals surface area contributed by atoms with Gasteiger partial charge in [-0.05, 0) is 63.5 Å². The van der Waals surface area contributed by atoms with E-state index in [0.29, 0.717) is 22.4 Å². The first-order chi connectivity index (χ1) is 16.4. The minimum atomic E-state index is -0.858. The van der Waals surface area contributed by atoms with Gasteiger partial charge >= 0.3 is 6.09 Å². The second-order valence-electron chi connectivity index (χ2n) is 8.59. The fourth-order valence-corrected chi connectivity index (χ4v) is 2.72. The van der Waals surface area contributed by atoms with Crippen molar-refractivity contribution >= 4 is 17.8 Å². The Hall–Kier alpha value is -4.25. The zero-order valence-corrected chi connectivity index (χ0v) is 20.6. The van der Waals surface area contributed by atoms with Crippen LogP contribution < -0.4 is 5.32 Å². The maximum absolute atomic E-state index is 13.8. The standard InChI is InChI=1S/C27H29FN4O3.H2/c1-8-10-19(9-2)11-12-23-14-20(21-13-22(28)17-29-16-21)15-24(30-23)31-25(33)18(3)32(7)26(34)35-27(4,5)6;/h8-10,13-18H,1-2H2,3-7H3,(H,30,31,33);1H/b19-10+;. The number of aromatic nitrogens is 2. The van der Waals surface area contributed by atoms with E-state index in [4.69, 9.17) is 4.74 Å². The van der Waals surface area contributed by atoms with Crippen LogP contribution in [0.15, 0.2) is 67.6 Å². The van der Waals surface area contributed by atoms with E-state index in [1.54, 1.807) is 58.1 Å². The molecule has 0 aliphatic heterocycles. The van der Waals surface area contributed by atoms with E-state index >= 15 is 0 Å². The Morgan fingerprint density at radius 1 is 1.23 bits per heavy atom. The first kappa shape index (κ1) is 27.0. The monoisotopic (exact) mass is 478 g/mol. The number of nitrogens with zero attached hydrogens (tertiary/aromatic N) is 3. The van der Waals surface area contributed by atoms with Gasteiger partial charge in [-0.15, -0.1) is 0 Å². The number of amides is 2. The average Bonchev–Trinajstić information content (AvgIpc) is 2.79. The van der Waals surface area contributed by atoms with E-state index < -0.39 is 29.5 Å². The van der Waals surface area contributed by atoms with Gasteiger partial charge in [0.2, 0.25) is 5.91 Å². The molecule has 2 heterocycles. The van der Waals surface area contributed by atoms with E-state index in [0.717, 1.165) is 6.20 Å². The molecule has 8 heteroatoms. The molecular formula is C27H31FN4O3. The Kier molecular flexibility index (Phi) is 9.06. The van der Waals surface area contributed by atoms with Gasteiger partial charge in [0.25, 0.3) is 0 Å². The number of carbonyl (C=O) groups is 2. The van der Waals surface area contributed by atoms with E-state index in [2.05, 4.69) is 40.3 Å². The number of halogens is 1. The lowest BCUT2D eigenvalue weighted by atomic mass is 10.1. The van der Waals surface area contributed by atoms with E-state index in [1.807, 2.05) is 0 Å². The van der Waals surface area contributed by atoms with Crippen LogP contribution in [0.3, 0.4) is 0 Å². The Labute approximate surface area is 206 Å². The van der Waals surface area contributed by atoms with Crippen molar-refractivity contribution in [3.05, 3.63) is 79.1 Å². The van der Waals surface area contributed by atoms with E-state index in [1.165, 1.54) is 24.2 Å². The molecule has 2 aromatic rings. The van der Waals surface area contributed by atoms with Crippen LogP contribution in [-0.2, 0) is 9.53 Å². The summed E-state index contributed by atoms with van der Waals surface area (Å²) in [6.07, 6.45) is 6.81. The van der Waals surface area contributed by atoms with E-state index in [-0.39, 0.29) is 7.24 Å². The first-order valence-corrected chi connectivity index (χ1v) is 10.8. The zero-order valence-electron chi connectivity index (χ0n) is 20.6. The number of likely N-dealkylation sites (N-methyl/N-ethyl adjacent to an activating group) is 1. The minimum Gasteiger partial charge on any atom is -0.444 e. The third kappa shape index (κ3) is 8.23. The van der Waals surface area contributed by atoms with Crippen LogP contribution in [0, 0.1) is 17.7 Å². The van der Waals surface area contributed by atoms with Crippen LogP contribution in [0.1, 0.15) is 34.8 Å². The summed E-state index contributed by atoms with van der Waals surface area (Å²) in [5.41, 5.74) is 1.28. The largest absolute Gasteiger partial charge is 0.444 e. The number of nitrogens with one attached hydrogen (secondary N) is 1. The highest BCUT2D eigenvalue weighted by Crippen LogP contribution is 2.23. The van der Waals surface area contributed by atoms with Crippen molar-refractivity contribution in [1.82, 2.24) is 14.9 Å². The quantitative estimate of drug-likeness (QED) is 0.446. The van der Waals surface area contributed by atoms with Crippen molar-refractivity contribution < 1.29 is 20.1 Å². The molecular weight excluding hydrogens is 447 g/mol. The number of hydrogen-bond donors (Lipinski definition) is 1. The molecule has 0 aliphatic rings. The first-order valence-electron chi connectivity index (χ1n) is 10.8. The van der Waals surface area contributed by atoms with Gasteiger partial charge in [0, 0.05) is 25.8 Å². The molecule has 0 fully saturated rings. The predicted octanol–water partition coefficient (Wildman–Crippen LogP) is 5.37. The third-order valence-electron chi connectivity index (χ3n) is 4.61. The summed E-state index contributed by atoms with van der Waals surface area (Å²) in [6, 6.07) is 3.69. The van der Waals surface area contributed by atoms with Crippen LogP contribution in [0.5, 0.6) is 0 Å². The fourth-order valence-electron chi connectivity index (χ4n) is 2.72. The number of pyridine rings is 2. The van der Waals surface area contributed by atoms with Gasteiger partial charge in [-0.3, -0.25) is 14.7 Å². The lowest BCUT2D eigenvalue weighted by Gasteiger charge is -2.28. The van der Waals surface area contributed by atoms with Crippen LogP contribution in [0.4, 0.5) is 15.0 Å². The van der Waals surface area contributed by atoms with Gasteiger partial charge in [-0.1, -0.05) is 31.2 Å². The summed E-state index contributed by atoms with van der Waals surface area (Å²) >= 11 is 0. The molecule has 0 aliphatic carbocycles. The third-order valence-corrected chi connectivity index (χ3v) is 4.61. The molecule has 1 unspecified atom stereocenters. The molecule has 2 amide bonds. The van der Waals surface area contributed by atoms with Gasteiger partial charge in [0.05, 0.1) is 6.20 Å². The molecule has 184 valence electrons. The summed E-state index contributed by atoms with van der Waals surface area (Å²) in [6.45, 7) is 14.1. The smallest absolute Gasteiger partial charge is 0.410 e. The molecule has 0 saturated carbocycles. The summed E-state index contributed by atoms with van der Waals surface area (Å²) in [4.78, 5) is 34.7. The SMILES string of the molecule is C=C/C=C(/C#Cc1cc(-c2cncc(F)c2)cc(NC(=O)C(C)N(C)C(=O)OC(C)(C)C)n1)C=C.[HH]. The molecule has 1 N–H and O–H groups in total. The molecule has 0 radical (unpaired) electrons. The number of carbonyl (C=O) groups excluding carboxylic acids is 2. The molecule has 2 aromatic heterocycles. The Balaban J connectivity index is 0.00000648. The Bertz CT molecular complexity index is 1230. The van der Waals surface area contributed by atoms with Gasteiger partial charge in [0.15, 0.2) is 0 Å². The van der Waals surface area contributed by atoms with Crippen molar-refractivity contribution in [3.63, 3.8) is 0 Å². The fraction of sp³-hybridized carbons (Fsp3) is 0.259. The Morgan fingerprint density at radius 3 is 2.54 bits per heavy atom. The molecule has 0 spiro atoms. The molecule has 7 nitrogen and oxygen atoms in total. The van der Waals surface area contributed by atoms with Crippen molar-refractivity contribution in [2.45, 2.75) is 39.3 Å². The highest BCUT2D eigenvalue weighted by molar-refractivity contribution is 5.96. The average molecular weight is 479 g/mol. The summed E-state index contributed by atoms with van der Waals surface area (Å²) in [5.74, 6) is 5.02. The van der Waals surface area contributed by atoms with Crippen LogP contribution in [0.25, 0.3) is 11.1 Å². The lowest BCUT2D eigenvalue weighted by molar-refractivity contribution is -0.120. The van der Waals surface area contributed by atoms with Crippen molar-refractivity contribution in [2.24, 2.45) is 0 Å². The molecule has 0 saturated heterocycles. The number of anilines is 1. The van der Waals surface area contributed by atoms with Gasteiger partial charge in [-0.2, -0.15) is 0 Å². The van der Waals surface area contributed by atoms with Gasteiger partial charge in [-0.25, -0.2) is 14.2 Å². The molecule has 0 bridgehead atoms. The molecule has 0 aromatic carbocycles. The Morgan fingerprint density at radius 2 is 1.94 bits per heavy atom. The number of allylic oxidation sites excluding steroid dienone is 4. The highest BCUT2D eigenvalue weighted by atomic mass is 19.1. The second-order valence-corrected chi connectivity index (χ2v) is 8.59. The lowest BCUT2D eigenvalue weighted by Crippen LogP contribution is -2.45. The van der Waals surface area contributed by atoms with E-state index in [9.17, 15) is 14.0 Å². The van der Waals surface area contributed by atoms with Crippen molar-refractivity contribution in [2.75, 3.05) is 12.4 Å². The minimum absolute atomic E-state index is 0. The van der Waals surface area contributed by atoms with Gasteiger partial charge in [0.1, 0.15) is 29.0 Å². The topological polar surface area (TPSA) is 84.4 Å². The predicted molar refractivity (Wildman–Crippen MR) is 137 cm³/mol. The second kappa shape index (κ2) is 11.7. The normalized spacial score (nSPS) is 12.0. The number of hydrogen-bond acceptors (Lipinski definition) is 5. The van der Waals surface area contributed by atoms with Crippen molar-refractivity contribution in [1.29, 1.82) is 0 Å². The van der Waals surface area contributed by atoms with Crippen LogP contribution >= 0.6 is 0 Å². The number of ether oxygens (including phenoxy) is 1. The van der Waals surface area contributed by atoms with Crippen LogP contribution in [-0.4, -0.2) is 45.6 Å². The van der Waals surface area contributed by atoms with Crippen LogP contribution in [0.2, 0.25) is 0 Å². The maximum Gasteiger partial charge on any atom is 0.410 e. The number of rotatable bonds is 6.